The molecule has 0 unspecified atom stereocenters. The lowest BCUT2D eigenvalue weighted by Crippen LogP contribution is -2.32. The second kappa shape index (κ2) is 10.3. The van der Waals surface area contributed by atoms with Gasteiger partial charge in [0.25, 0.3) is 11.8 Å². The lowest BCUT2D eigenvalue weighted by Gasteiger charge is -2.23. The molecule has 0 atom stereocenters. The highest BCUT2D eigenvalue weighted by atomic mass is 16.5. The Balaban J connectivity index is 1.29. The average Bonchev–Trinajstić information content (AvgIpc) is 3.34. The van der Waals surface area contributed by atoms with E-state index in [4.69, 9.17) is 9.47 Å². The molecule has 2 aromatic carbocycles. The molecule has 6 heteroatoms. The summed E-state index contributed by atoms with van der Waals surface area (Å²) in [6, 6.07) is 14.4. The van der Waals surface area contributed by atoms with Crippen molar-refractivity contribution in [3.05, 3.63) is 54.1 Å². The highest BCUT2D eigenvalue weighted by Gasteiger charge is 2.18. The molecule has 0 spiro atoms. The maximum Gasteiger partial charge on any atom is 0.260 e. The molecule has 0 bridgehead atoms. The van der Waals surface area contributed by atoms with Crippen LogP contribution in [0.4, 0.5) is 5.69 Å². The minimum Gasteiger partial charge on any atom is -0.490 e. The monoisotopic (exact) mass is 422 g/mol. The molecule has 2 aromatic rings. The van der Waals surface area contributed by atoms with E-state index in [0.717, 1.165) is 44.5 Å². The molecule has 0 aromatic heterocycles. The van der Waals surface area contributed by atoms with Gasteiger partial charge in [0.05, 0.1) is 6.10 Å². The summed E-state index contributed by atoms with van der Waals surface area (Å²) >= 11 is 0. The third-order valence-electron chi connectivity index (χ3n) is 5.88. The molecule has 1 saturated heterocycles. The van der Waals surface area contributed by atoms with Crippen molar-refractivity contribution in [2.24, 2.45) is 0 Å². The van der Waals surface area contributed by atoms with Gasteiger partial charge in [-0.05, 0) is 74.9 Å². The Hall–Kier alpha value is -3.02. The highest BCUT2D eigenvalue weighted by molar-refractivity contribution is 6.04. The third kappa shape index (κ3) is 6.00. The van der Waals surface area contributed by atoms with E-state index in [1.807, 2.05) is 17.0 Å². The first kappa shape index (κ1) is 21.2. The average molecular weight is 423 g/mol. The molecule has 1 saturated carbocycles. The highest BCUT2D eigenvalue weighted by Crippen LogP contribution is 2.24. The molecule has 2 aliphatic rings. The molecule has 1 aliphatic heterocycles. The largest absolute Gasteiger partial charge is 0.490 e. The minimum atomic E-state index is -0.200. The van der Waals surface area contributed by atoms with Crippen molar-refractivity contribution in [2.45, 2.75) is 51.0 Å². The van der Waals surface area contributed by atoms with Crippen LogP contribution < -0.4 is 14.8 Å². The Morgan fingerprint density at radius 3 is 2.39 bits per heavy atom. The first-order valence-electron chi connectivity index (χ1n) is 11.3. The van der Waals surface area contributed by atoms with Gasteiger partial charge in [0, 0.05) is 30.4 Å². The summed E-state index contributed by atoms with van der Waals surface area (Å²) in [5, 5.41) is 2.89. The van der Waals surface area contributed by atoms with Gasteiger partial charge in [-0.1, -0.05) is 12.5 Å². The van der Waals surface area contributed by atoms with Gasteiger partial charge in [-0.2, -0.15) is 0 Å². The zero-order valence-electron chi connectivity index (χ0n) is 17.8. The lowest BCUT2D eigenvalue weighted by atomic mass is 9.98. The second-order valence-corrected chi connectivity index (χ2v) is 8.26. The molecule has 1 N–H and O–H groups in total. The lowest BCUT2D eigenvalue weighted by molar-refractivity contribution is -0.132. The number of carbonyl (C=O) groups is 2. The van der Waals surface area contributed by atoms with Crippen molar-refractivity contribution >= 4 is 17.5 Å². The fourth-order valence-corrected chi connectivity index (χ4v) is 4.13. The standard InChI is InChI=1S/C25H30N2O4/c28-24(27-15-4-5-16-27)18-30-23-10-6-7-20(17-23)26-25(29)19-11-13-22(14-12-19)31-21-8-2-1-3-9-21/h6-7,10-14,17,21H,1-5,8-9,15-16,18H2,(H,26,29). The van der Waals surface area contributed by atoms with Gasteiger partial charge in [-0.25, -0.2) is 0 Å². The predicted octanol–water partition coefficient (Wildman–Crippen LogP) is 4.65. The van der Waals surface area contributed by atoms with Gasteiger partial charge >= 0.3 is 0 Å². The molecule has 4 rings (SSSR count). The Morgan fingerprint density at radius 1 is 0.903 bits per heavy atom. The first-order valence-corrected chi connectivity index (χ1v) is 11.3. The van der Waals surface area contributed by atoms with E-state index in [9.17, 15) is 9.59 Å². The molecule has 2 fully saturated rings. The van der Waals surface area contributed by atoms with E-state index < -0.39 is 0 Å². The van der Waals surface area contributed by atoms with Gasteiger partial charge in [0.2, 0.25) is 0 Å². The van der Waals surface area contributed by atoms with Crippen molar-refractivity contribution < 1.29 is 19.1 Å². The van der Waals surface area contributed by atoms with Gasteiger partial charge in [-0.15, -0.1) is 0 Å². The fourth-order valence-electron chi connectivity index (χ4n) is 4.13. The number of benzene rings is 2. The summed E-state index contributed by atoms with van der Waals surface area (Å²) in [6.07, 6.45) is 8.34. The Kier molecular flexibility index (Phi) is 7.07. The number of anilines is 1. The van der Waals surface area contributed by atoms with Gasteiger partial charge in [0.1, 0.15) is 11.5 Å². The Bertz CT molecular complexity index is 885. The number of nitrogens with one attached hydrogen (secondary N) is 1. The number of rotatable bonds is 7. The summed E-state index contributed by atoms with van der Waals surface area (Å²) < 4.78 is 11.7. The smallest absolute Gasteiger partial charge is 0.260 e. The van der Waals surface area contributed by atoms with Crippen LogP contribution in [0.25, 0.3) is 0 Å². The maximum atomic E-state index is 12.6. The van der Waals surface area contributed by atoms with Crippen LogP contribution in [0, 0.1) is 0 Å². The van der Waals surface area contributed by atoms with E-state index in [0.29, 0.717) is 17.0 Å². The van der Waals surface area contributed by atoms with Crippen LogP contribution >= 0.6 is 0 Å². The summed E-state index contributed by atoms with van der Waals surface area (Å²) in [7, 11) is 0. The third-order valence-corrected chi connectivity index (χ3v) is 5.88. The van der Waals surface area contributed by atoms with E-state index in [1.165, 1.54) is 19.3 Å². The zero-order chi connectivity index (χ0) is 21.5. The van der Waals surface area contributed by atoms with Crippen molar-refractivity contribution in [3.63, 3.8) is 0 Å². The predicted molar refractivity (Wildman–Crippen MR) is 120 cm³/mol. The van der Waals surface area contributed by atoms with Crippen LogP contribution in [0.2, 0.25) is 0 Å². The van der Waals surface area contributed by atoms with Crippen molar-refractivity contribution in [1.29, 1.82) is 0 Å². The number of nitrogens with zero attached hydrogens (tertiary/aromatic N) is 1. The zero-order valence-corrected chi connectivity index (χ0v) is 17.8. The van der Waals surface area contributed by atoms with Crippen LogP contribution in [0.5, 0.6) is 11.5 Å². The molecular formula is C25H30N2O4. The summed E-state index contributed by atoms with van der Waals surface area (Å²) in [6.45, 7) is 1.63. The molecule has 1 heterocycles. The number of amides is 2. The van der Waals surface area contributed by atoms with Crippen molar-refractivity contribution in [2.75, 3.05) is 25.0 Å². The van der Waals surface area contributed by atoms with Crippen molar-refractivity contribution in [1.82, 2.24) is 4.90 Å². The normalized spacial score (nSPS) is 16.7. The Labute approximate surface area is 183 Å². The van der Waals surface area contributed by atoms with E-state index >= 15 is 0 Å². The summed E-state index contributed by atoms with van der Waals surface area (Å²) in [4.78, 5) is 26.6. The van der Waals surface area contributed by atoms with Gasteiger partial charge < -0.3 is 19.7 Å². The SMILES string of the molecule is O=C(Nc1cccc(OCC(=O)N2CCCC2)c1)c1ccc(OC2CCCCC2)cc1. The second-order valence-electron chi connectivity index (χ2n) is 8.26. The van der Waals surface area contributed by atoms with Gasteiger partial charge in [-0.3, -0.25) is 9.59 Å². The van der Waals surface area contributed by atoms with Crippen LogP contribution in [-0.2, 0) is 4.79 Å². The molecule has 0 radical (unpaired) electrons. The summed E-state index contributed by atoms with van der Waals surface area (Å²) in [5.74, 6) is 1.17. The van der Waals surface area contributed by atoms with Crippen LogP contribution in [-0.4, -0.2) is 42.5 Å². The molecule has 31 heavy (non-hydrogen) atoms. The van der Waals surface area contributed by atoms with Crippen molar-refractivity contribution in [3.8, 4) is 11.5 Å². The van der Waals surface area contributed by atoms with Crippen LogP contribution in [0.3, 0.4) is 0 Å². The molecule has 164 valence electrons. The molecular weight excluding hydrogens is 392 g/mol. The van der Waals surface area contributed by atoms with Crippen LogP contribution in [0.15, 0.2) is 48.5 Å². The number of carbonyl (C=O) groups excluding carboxylic acids is 2. The first-order chi connectivity index (χ1) is 15.2. The fraction of sp³-hybridized carbons (Fsp3) is 0.440. The molecule has 2 amide bonds. The molecule has 1 aliphatic carbocycles. The van der Waals surface area contributed by atoms with Gasteiger partial charge in [0.15, 0.2) is 6.61 Å². The quantitative estimate of drug-likeness (QED) is 0.705. The topological polar surface area (TPSA) is 67.9 Å². The van der Waals surface area contributed by atoms with E-state index in [1.54, 1.807) is 36.4 Å². The Morgan fingerprint density at radius 2 is 1.65 bits per heavy atom. The molecule has 6 nitrogen and oxygen atoms in total. The maximum absolute atomic E-state index is 12.6. The summed E-state index contributed by atoms with van der Waals surface area (Å²) in [5.41, 5.74) is 1.19. The number of likely N-dealkylation sites (tertiary alicyclic amines) is 1. The van der Waals surface area contributed by atoms with E-state index in [-0.39, 0.29) is 24.5 Å². The number of hydrogen-bond donors (Lipinski definition) is 1. The number of hydrogen-bond acceptors (Lipinski definition) is 4. The minimum absolute atomic E-state index is 0.00229. The van der Waals surface area contributed by atoms with E-state index in [2.05, 4.69) is 5.32 Å². The number of ether oxygens (including phenoxy) is 2. The van der Waals surface area contributed by atoms with Crippen LogP contribution in [0.1, 0.15) is 55.3 Å².